The van der Waals surface area contributed by atoms with Crippen LogP contribution in [0.4, 0.5) is 4.79 Å². The molecule has 0 aliphatic carbocycles. The molecule has 19 heavy (non-hydrogen) atoms. The summed E-state index contributed by atoms with van der Waals surface area (Å²) in [5, 5.41) is 12.1. The highest BCUT2D eigenvalue weighted by molar-refractivity contribution is 5.86. The van der Waals surface area contributed by atoms with Gasteiger partial charge in [0.15, 0.2) is 0 Å². The number of carbonyl (C=O) groups is 2. The van der Waals surface area contributed by atoms with Gasteiger partial charge in [0.2, 0.25) is 0 Å². The maximum Gasteiger partial charge on any atom is 0.329 e. The summed E-state index contributed by atoms with van der Waals surface area (Å²) in [5.41, 5.74) is 0.0917. The molecule has 0 bridgehead atoms. The maximum atomic E-state index is 12.2. The highest BCUT2D eigenvalue weighted by atomic mass is 16.5. The monoisotopic (exact) mass is 268 g/mol. The van der Waals surface area contributed by atoms with Gasteiger partial charge in [0, 0.05) is 39.1 Å². The van der Waals surface area contributed by atoms with Crippen molar-refractivity contribution >= 4 is 12.0 Å². The molecule has 6 heteroatoms. The van der Waals surface area contributed by atoms with Gasteiger partial charge in [-0.25, -0.2) is 9.59 Å². The summed E-state index contributed by atoms with van der Waals surface area (Å²) >= 11 is 0. The first-order valence-electron chi connectivity index (χ1n) is 6.57. The minimum absolute atomic E-state index is 0.298. The van der Waals surface area contributed by atoms with E-state index in [0.29, 0.717) is 39.1 Å². The SMILES string of the molecule is CC1=CCN(C(=O)NC2(C(=O)O)CCOCC2)CC1. The number of nitrogens with one attached hydrogen (secondary N) is 1. The van der Waals surface area contributed by atoms with E-state index in [0.717, 1.165) is 6.42 Å². The van der Waals surface area contributed by atoms with E-state index in [4.69, 9.17) is 4.74 Å². The van der Waals surface area contributed by atoms with Crippen LogP contribution in [-0.4, -0.2) is 53.8 Å². The van der Waals surface area contributed by atoms with Crippen LogP contribution < -0.4 is 5.32 Å². The van der Waals surface area contributed by atoms with Crippen molar-refractivity contribution in [3.05, 3.63) is 11.6 Å². The van der Waals surface area contributed by atoms with Crippen molar-refractivity contribution in [2.45, 2.75) is 31.7 Å². The molecule has 2 N–H and O–H groups in total. The first-order chi connectivity index (χ1) is 9.03. The van der Waals surface area contributed by atoms with Gasteiger partial charge >= 0.3 is 12.0 Å². The number of hydrogen-bond acceptors (Lipinski definition) is 3. The van der Waals surface area contributed by atoms with Crippen LogP contribution in [0.15, 0.2) is 11.6 Å². The van der Waals surface area contributed by atoms with Crippen molar-refractivity contribution in [2.24, 2.45) is 0 Å². The van der Waals surface area contributed by atoms with Crippen molar-refractivity contribution in [1.29, 1.82) is 0 Å². The summed E-state index contributed by atoms with van der Waals surface area (Å²) in [6.45, 7) is 3.95. The van der Waals surface area contributed by atoms with Crippen molar-refractivity contribution in [3.63, 3.8) is 0 Å². The van der Waals surface area contributed by atoms with Crippen LogP contribution >= 0.6 is 0 Å². The number of carboxylic acid groups (broad SMARTS) is 1. The van der Waals surface area contributed by atoms with Crippen molar-refractivity contribution in [2.75, 3.05) is 26.3 Å². The minimum atomic E-state index is -1.18. The van der Waals surface area contributed by atoms with Crippen molar-refractivity contribution < 1.29 is 19.4 Å². The Labute approximate surface area is 112 Å². The average Bonchev–Trinajstić information content (AvgIpc) is 2.40. The average molecular weight is 268 g/mol. The Morgan fingerprint density at radius 3 is 2.63 bits per heavy atom. The first kappa shape index (κ1) is 13.9. The minimum Gasteiger partial charge on any atom is -0.480 e. The highest BCUT2D eigenvalue weighted by Crippen LogP contribution is 2.22. The van der Waals surface area contributed by atoms with Gasteiger partial charge in [0.05, 0.1) is 0 Å². The topological polar surface area (TPSA) is 78.9 Å². The number of rotatable bonds is 2. The van der Waals surface area contributed by atoms with Gasteiger partial charge in [-0.05, 0) is 13.3 Å². The van der Waals surface area contributed by atoms with E-state index in [1.807, 2.05) is 13.0 Å². The lowest BCUT2D eigenvalue weighted by Crippen LogP contribution is -2.60. The molecule has 2 rings (SSSR count). The lowest BCUT2D eigenvalue weighted by Gasteiger charge is -2.36. The number of carbonyl (C=O) groups excluding carboxylic acids is 1. The fourth-order valence-electron chi connectivity index (χ4n) is 2.35. The molecule has 6 nitrogen and oxygen atoms in total. The Morgan fingerprint density at radius 2 is 2.11 bits per heavy atom. The number of carboxylic acids is 1. The van der Waals surface area contributed by atoms with Gasteiger partial charge in [-0.15, -0.1) is 0 Å². The van der Waals surface area contributed by atoms with Crippen LogP contribution in [0.2, 0.25) is 0 Å². The Kier molecular flexibility index (Phi) is 4.09. The molecular formula is C13H20N2O4. The molecular weight excluding hydrogens is 248 g/mol. The zero-order valence-corrected chi connectivity index (χ0v) is 11.1. The third-order valence-corrected chi connectivity index (χ3v) is 3.83. The van der Waals surface area contributed by atoms with Gasteiger partial charge in [0.25, 0.3) is 0 Å². The predicted molar refractivity (Wildman–Crippen MR) is 68.9 cm³/mol. The predicted octanol–water partition coefficient (Wildman–Crippen LogP) is 0.982. The highest BCUT2D eigenvalue weighted by Gasteiger charge is 2.42. The zero-order chi connectivity index (χ0) is 13.9. The second-order valence-electron chi connectivity index (χ2n) is 5.18. The zero-order valence-electron chi connectivity index (χ0n) is 11.1. The van der Waals surface area contributed by atoms with Crippen LogP contribution in [0.5, 0.6) is 0 Å². The van der Waals surface area contributed by atoms with Crippen LogP contribution in [0.3, 0.4) is 0 Å². The van der Waals surface area contributed by atoms with Gasteiger partial charge in [0.1, 0.15) is 5.54 Å². The summed E-state index contributed by atoms with van der Waals surface area (Å²) < 4.78 is 5.18. The molecule has 0 saturated carbocycles. The third kappa shape index (κ3) is 3.07. The molecule has 2 heterocycles. The van der Waals surface area contributed by atoms with Gasteiger partial charge in [-0.2, -0.15) is 0 Å². The van der Waals surface area contributed by atoms with Crippen molar-refractivity contribution in [1.82, 2.24) is 10.2 Å². The van der Waals surface area contributed by atoms with Crippen molar-refractivity contribution in [3.8, 4) is 0 Å². The molecule has 1 fully saturated rings. The van der Waals surface area contributed by atoms with E-state index in [1.165, 1.54) is 5.57 Å². The van der Waals surface area contributed by atoms with Crippen LogP contribution in [-0.2, 0) is 9.53 Å². The van der Waals surface area contributed by atoms with E-state index in [1.54, 1.807) is 4.90 Å². The van der Waals surface area contributed by atoms with E-state index in [9.17, 15) is 14.7 Å². The number of amides is 2. The normalized spacial score (nSPS) is 22.6. The van der Waals surface area contributed by atoms with Gasteiger partial charge in [-0.3, -0.25) is 0 Å². The molecule has 106 valence electrons. The van der Waals surface area contributed by atoms with Crippen LogP contribution in [0.25, 0.3) is 0 Å². The molecule has 2 aliphatic rings. The smallest absolute Gasteiger partial charge is 0.329 e. The molecule has 0 aromatic carbocycles. The fourth-order valence-corrected chi connectivity index (χ4v) is 2.35. The first-order valence-corrected chi connectivity index (χ1v) is 6.57. The number of hydrogen-bond donors (Lipinski definition) is 2. The Hall–Kier alpha value is -1.56. The molecule has 0 aromatic rings. The largest absolute Gasteiger partial charge is 0.480 e. The Balaban J connectivity index is 2.01. The molecule has 0 atom stereocenters. The third-order valence-electron chi connectivity index (χ3n) is 3.83. The summed E-state index contributed by atoms with van der Waals surface area (Å²) in [6, 6.07) is -0.298. The van der Waals surface area contributed by atoms with E-state index in [-0.39, 0.29) is 6.03 Å². The molecule has 1 saturated heterocycles. The summed E-state index contributed by atoms with van der Waals surface area (Å²) in [5.74, 6) is -0.979. The number of urea groups is 1. The molecule has 0 unspecified atom stereocenters. The molecule has 2 amide bonds. The molecule has 2 aliphatic heterocycles. The lowest BCUT2D eigenvalue weighted by molar-refractivity contribution is -0.148. The van der Waals surface area contributed by atoms with E-state index < -0.39 is 11.5 Å². The Bertz CT molecular complexity index is 399. The van der Waals surface area contributed by atoms with E-state index in [2.05, 4.69) is 5.32 Å². The fraction of sp³-hybridized carbons (Fsp3) is 0.692. The van der Waals surface area contributed by atoms with Crippen LogP contribution in [0, 0.1) is 0 Å². The standard InChI is InChI=1S/C13H20N2O4/c1-10-2-6-15(7-3-10)12(18)14-13(11(16)17)4-8-19-9-5-13/h2H,3-9H2,1H3,(H,14,18)(H,16,17). The quantitative estimate of drug-likeness (QED) is 0.732. The van der Waals surface area contributed by atoms with Crippen LogP contribution in [0.1, 0.15) is 26.2 Å². The summed E-state index contributed by atoms with van der Waals surface area (Å²) in [4.78, 5) is 25.3. The second kappa shape index (κ2) is 5.61. The Morgan fingerprint density at radius 1 is 1.42 bits per heavy atom. The lowest BCUT2D eigenvalue weighted by atomic mass is 9.90. The number of nitrogens with zero attached hydrogens (tertiary/aromatic N) is 1. The molecule has 0 aromatic heterocycles. The molecule has 0 radical (unpaired) electrons. The summed E-state index contributed by atoms with van der Waals surface area (Å²) in [7, 11) is 0. The number of ether oxygens (including phenoxy) is 1. The second-order valence-corrected chi connectivity index (χ2v) is 5.18. The molecule has 0 spiro atoms. The maximum absolute atomic E-state index is 12.2. The number of aliphatic carboxylic acids is 1. The summed E-state index contributed by atoms with van der Waals surface area (Å²) in [6.07, 6.45) is 3.48. The van der Waals surface area contributed by atoms with Gasteiger partial charge in [-0.1, -0.05) is 11.6 Å². The van der Waals surface area contributed by atoms with E-state index >= 15 is 0 Å². The van der Waals surface area contributed by atoms with Gasteiger partial charge < -0.3 is 20.1 Å².